The van der Waals surface area contributed by atoms with Gasteiger partial charge in [0.2, 0.25) is 0 Å². The van der Waals surface area contributed by atoms with Crippen molar-refractivity contribution in [3.63, 3.8) is 0 Å². The number of carbonyl (C=O) groups is 1. The van der Waals surface area contributed by atoms with E-state index in [9.17, 15) is 22.4 Å². The van der Waals surface area contributed by atoms with Gasteiger partial charge >= 0.3 is 6.03 Å². The maximum atomic E-state index is 13.2. The molecule has 36 heavy (non-hydrogen) atoms. The van der Waals surface area contributed by atoms with Crippen molar-refractivity contribution in [2.24, 2.45) is 0 Å². The number of aromatic nitrogens is 2. The molecule has 13 heteroatoms. The van der Waals surface area contributed by atoms with Crippen LogP contribution in [0.5, 0.6) is 0 Å². The van der Waals surface area contributed by atoms with Crippen LogP contribution in [0, 0.1) is 5.13 Å². The van der Waals surface area contributed by atoms with Crippen LogP contribution in [0.2, 0.25) is 0 Å². The number of hydrogen-bond acceptors (Lipinski definition) is 8. The first-order valence-corrected chi connectivity index (χ1v) is 12.9. The smallest absolute Gasteiger partial charge is 0.333 e. The van der Waals surface area contributed by atoms with Crippen molar-refractivity contribution in [1.82, 2.24) is 19.2 Å². The van der Waals surface area contributed by atoms with Gasteiger partial charge in [0.15, 0.2) is 5.13 Å². The summed E-state index contributed by atoms with van der Waals surface area (Å²) in [4.78, 5) is 31.7. The molecule has 0 bridgehead atoms. The van der Waals surface area contributed by atoms with Crippen LogP contribution in [0.15, 0.2) is 63.9 Å². The Morgan fingerprint density at radius 3 is 2.47 bits per heavy atom. The number of amides is 2. The fourth-order valence-corrected chi connectivity index (χ4v) is 5.49. The number of thiophene rings is 1. The standard InChI is InChI=1S/C23H23FN6O4S2/c1-25-15-4-6-17-18(10-15)14(12-29(2)3)13-30(22(17)31)20-8-5-16(11-26-20)27-23(32)28-36(33,34)21-9-7-19(24)35-21/h4-11,13,25H,12H2,1-3H3,(H2,27,28,32). The van der Waals surface area contributed by atoms with Gasteiger partial charge in [-0.3, -0.25) is 9.36 Å². The lowest BCUT2D eigenvalue weighted by Crippen LogP contribution is -2.34. The number of pyridine rings is 2. The molecule has 0 atom stereocenters. The van der Waals surface area contributed by atoms with Crippen molar-refractivity contribution in [3.8, 4) is 5.82 Å². The Labute approximate surface area is 210 Å². The summed E-state index contributed by atoms with van der Waals surface area (Å²) in [6.07, 6.45) is 3.04. The van der Waals surface area contributed by atoms with Crippen molar-refractivity contribution >= 4 is 49.5 Å². The first-order chi connectivity index (χ1) is 17.1. The van der Waals surface area contributed by atoms with Gasteiger partial charge in [-0.1, -0.05) is 11.3 Å². The molecule has 0 aliphatic heterocycles. The molecule has 2 amide bonds. The molecular weight excluding hydrogens is 507 g/mol. The predicted octanol–water partition coefficient (Wildman–Crippen LogP) is 3.20. The molecule has 1 aromatic carbocycles. The molecule has 3 heterocycles. The Bertz CT molecular complexity index is 1600. The van der Waals surface area contributed by atoms with E-state index in [1.54, 1.807) is 12.3 Å². The van der Waals surface area contributed by atoms with Gasteiger partial charge in [0.1, 0.15) is 10.0 Å². The average Bonchev–Trinajstić information content (AvgIpc) is 3.28. The summed E-state index contributed by atoms with van der Waals surface area (Å²) in [5.74, 6) is 0.326. The van der Waals surface area contributed by atoms with Crippen molar-refractivity contribution < 1.29 is 17.6 Å². The highest BCUT2D eigenvalue weighted by atomic mass is 32.2. The van der Waals surface area contributed by atoms with E-state index in [0.29, 0.717) is 29.1 Å². The van der Waals surface area contributed by atoms with E-state index in [2.05, 4.69) is 15.6 Å². The highest BCUT2D eigenvalue weighted by molar-refractivity contribution is 7.92. The number of benzene rings is 1. The van der Waals surface area contributed by atoms with E-state index >= 15 is 0 Å². The molecule has 3 aromatic heterocycles. The van der Waals surface area contributed by atoms with Gasteiger partial charge < -0.3 is 15.5 Å². The quantitative estimate of drug-likeness (QED) is 0.335. The number of halogens is 1. The first-order valence-electron chi connectivity index (χ1n) is 10.6. The lowest BCUT2D eigenvalue weighted by atomic mass is 10.1. The van der Waals surface area contributed by atoms with Gasteiger partial charge in [-0.05, 0) is 67.5 Å². The predicted molar refractivity (Wildman–Crippen MR) is 138 cm³/mol. The number of nitrogens with zero attached hydrogens (tertiary/aromatic N) is 3. The first kappa shape index (κ1) is 25.3. The van der Waals surface area contributed by atoms with E-state index in [4.69, 9.17) is 0 Å². The normalized spacial score (nSPS) is 11.6. The molecule has 0 saturated heterocycles. The maximum Gasteiger partial charge on any atom is 0.333 e. The van der Waals surface area contributed by atoms with Crippen LogP contribution in [0.1, 0.15) is 5.56 Å². The lowest BCUT2D eigenvalue weighted by molar-refractivity contribution is 0.256. The third-order valence-corrected chi connectivity index (χ3v) is 7.86. The number of rotatable bonds is 7. The van der Waals surface area contributed by atoms with Gasteiger partial charge in [-0.2, -0.15) is 4.39 Å². The summed E-state index contributed by atoms with van der Waals surface area (Å²) in [6, 6.07) is 9.58. The molecule has 4 aromatic rings. The highest BCUT2D eigenvalue weighted by Gasteiger charge is 2.20. The average molecular weight is 531 g/mol. The molecule has 10 nitrogen and oxygen atoms in total. The molecule has 0 radical (unpaired) electrons. The number of nitrogens with one attached hydrogen (secondary N) is 3. The van der Waals surface area contributed by atoms with Crippen molar-refractivity contribution in [1.29, 1.82) is 0 Å². The van der Waals surface area contributed by atoms with Gasteiger partial charge in [0, 0.05) is 30.9 Å². The highest BCUT2D eigenvalue weighted by Crippen LogP contribution is 2.23. The van der Waals surface area contributed by atoms with Gasteiger partial charge in [-0.25, -0.2) is 22.9 Å². The molecule has 0 fully saturated rings. The van der Waals surface area contributed by atoms with Crippen molar-refractivity contribution in [2.75, 3.05) is 31.8 Å². The summed E-state index contributed by atoms with van der Waals surface area (Å²) in [6.45, 7) is 0.590. The minimum Gasteiger partial charge on any atom is -0.388 e. The zero-order chi connectivity index (χ0) is 26.0. The Hall–Kier alpha value is -3.81. The fourth-order valence-electron chi connectivity index (χ4n) is 3.58. The third-order valence-electron chi connectivity index (χ3n) is 5.17. The van der Waals surface area contributed by atoms with E-state index in [-0.39, 0.29) is 15.5 Å². The maximum absolute atomic E-state index is 13.2. The molecule has 0 aliphatic rings. The summed E-state index contributed by atoms with van der Waals surface area (Å²) < 4.78 is 40.4. The van der Waals surface area contributed by atoms with Crippen LogP contribution in [0.4, 0.5) is 20.6 Å². The number of urea groups is 1. The summed E-state index contributed by atoms with van der Waals surface area (Å²) >= 11 is 0.403. The number of fused-ring (bicyclic) bond motifs is 1. The van der Waals surface area contributed by atoms with Crippen LogP contribution in [-0.2, 0) is 16.6 Å². The molecular formula is C23H23FN6O4S2. The Balaban J connectivity index is 1.60. The largest absolute Gasteiger partial charge is 0.388 e. The van der Waals surface area contributed by atoms with Gasteiger partial charge in [0.25, 0.3) is 15.6 Å². The number of hydrogen-bond donors (Lipinski definition) is 3. The Kier molecular flexibility index (Phi) is 7.06. The Morgan fingerprint density at radius 1 is 1.11 bits per heavy atom. The second-order valence-corrected chi connectivity index (χ2v) is 11.0. The summed E-state index contributed by atoms with van der Waals surface area (Å²) in [5.41, 5.74) is 1.75. The molecule has 4 rings (SSSR count). The zero-order valence-electron chi connectivity index (χ0n) is 19.6. The zero-order valence-corrected chi connectivity index (χ0v) is 21.2. The SMILES string of the molecule is CNc1ccc2c(=O)n(-c3ccc(NC(=O)NS(=O)(=O)c4ccc(F)s4)cn3)cc(CN(C)C)c2c1. The second-order valence-electron chi connectivity index (χ2n) is 8.10. The summed E-state index contributed by atoms with van der Waals surface area (Å²) in [7, 11) is 1.46. The van der Waals surface area contributed by atoms with Crippen LogP contribution in [-0.4, -0.2) is 50.0 Å². The van der Waals surface area contributed by atoms with Gasteiger partial charge in [-0.15, -0.1) is 0 Å². The van der Waals surface area contributed by atoms with Crippen LogP contribution >= 0.6 is 11.3 Å². The molecule has 0 spiro atoms. The van der Waals surface area contributed by atoms with E-state index in [1.165, 1.54) is 22.9 Å². The van der Waals surface area contributed by atoms with Crippen LogP contribution in [0.3, 0.4) is 0 Å². The van der Waals surface area contributed by atoms with E-state index in [1.807, 2.05) is 42.9 Å². The monoisotopic (exact) mass is 530 g/mol. The molecule has 0 unspecified atom stereocenters. The second kappa shape index (κ2) is 10.0. The van der Waals surface area contributed by atoms with Gasteiger partial charge in [0.05, 0.1) is 11.9 Å². The topological polar surface area (TPSA) is 125 Å². The molecule has 3 N–H and O–H groups in total. The molecule has 188 valence electrons. The Morgan fingerprint density at radius 2 is 1.86 bits per heavy atom. The minimum atomic E-state index is -4.21. The fraction of sp³-hybridized carbons (Fsp3) is 0.174. The van der Waals surface area contributed by atoms with Crippen LogP contribution < -0.4 is 20.9 Å². The number of sulfonamides is 1. The van der Waals surface area contributed by atoms with E-state index in [0.717, 1.165) is 28.8 Å². The van der Waals surface area contributed by atoms with Crippen molar-refractivity contribution in [3.05, 3.63) is 75.9 Å². The summed E-state index contributed by atoms with van der Waals surface area (Å²) in [5, 5.41) is 6.13. The number of carbonyl (C=O) groups excluding carboxylic acids is 1. The molecule has 0 aliphatic carbocycles. The third kappa shape index (κ3) is 5.37. The van der Waals surface area contributed by atoms with Crippen LogP contribution in [0.25, 0.3) is 16.6 Å². The molecule has 0 saturated carbocycles. The van der Waals surface area contributed by atoms with Crippen molar-refractivity contribution in [2.45, 2.75) is 10.8 Å². The number of anilines is 2. The lowest BCUT2D eigenvalue weighted by Gasteiger charge is -2.16. The van der Waals surface area contributed by atoms with E-state index < -0.39 is 21.2 Å². The minimum absolute atomic E-state index is 0.199.